The number of aromatic nitrogens is 1. The van der Waals surface area contributed by atoms with E-state index in [4.69, 9.17) is 21.1 Å². The van der Waals surface area contributed by atoms with Crippen molar-refractivity contribution in [3.05, 3.63) is 41.4 Å². The molecule has 1 aromatic heterocycles. The summed E-state index contributed by atoms with van der Waals surface area (Å²) in [4.78, 5) is 27.5. The van der Waals surface area contributed by atoms with Gasteiger partial charge in [0, 0.05) is 23.9 Å². The lowest BCUT2D eigenvalue weighted by molar-refractivity contribution is -0.139. The van der Waals surface area contributed by atoms with E-state index in [1.54, 1.807) is 12.3 Å². The van der Waals surface area contributed by atoms with E-state index in [1.807, 2.05) is 32.0 Å². The van der Waals surface area contributed by atoms with Crippen molar-refractivity contribution < 1.29 is 19.1 Å². The largest absolute Gasteiger partial charge is 0.481 e. The molecule has 0 saturated heterocycles. The molecule has 0 atom stereocenters. The third-order valence-corrected chi connectivity index (χ3v) is 4.84. The molecular formula is C19H23ClN2O4. The molecule has 140 valence electrons. The molecule has 1 heterocycles. The molecule has 0 aliphatic rings. The molecule has 1 amide bonds. The Hall–Kier alpha value is -2.34. The van der Waals surface area contributed by atoms with Gasteiger partial charge in [-0.05, 0) is 25.0 Å². The average Bonchev–Trinajstić information content (AvgIpc) is 3.08. The summed E-state index contributed by atoms with van der Waals surface area (Å²) in [7, 11) is 0. The molecule has 0 spiro atoms. The molecule has 0 aliphatic carbocycles. The zero-order valence-electron chi connectivity index (χ0n) is 14.9. The summed E-state index contributed by atoms with van der Waals surface area (Å²) < 4.78 is 5.68. The first-order chi connectivity index (χ1) is 12.4. The maximum atomic E-state index is 12.3. The Morgan fingerprint density at radius 1 is 1.27 bits per heavy atom. The standard InChI is InChI=1S/C19H23ClN2O4/c1-3-19(4-2,11-18(24)25)22-16(23)9-10-17-21-12-15(26-17)13-7-5-6-8-14(13)20/h5-8,12H,3-4,9-11H2,1-2H3,(H,22,23)(H,24,25). The molecule has 7 heteroatoms. The minimum atomic E-state index is -0.925. The average molecular weight is 379 g/mol. The highest BCUT2D eigenvalue weighted by atomic mass is 35.5. The lowest BCUT2D eigenvalue weighted by Gasteiger charge is -2.31. The molecule has 2 aromatic rings. The van der Waals surface area contributed by atoms with Crippen LogP contribution in [-0.4, -0.2) is 27.5 Å². The van der Waals surface area contributed by atoms with E-state index in [2.05, 4.69) is 10.3 Å². The molecule has 0 radical (unpaired) electrons. The van der Waals surface area contributed by atoms with E-state index in [9.17, 15) is 9.59 Å². The quantitative estimate of drug-likeness (QED) is 0.685. The van der Waals surface area contributed by atoms with Crippen LogP contribution < -0.4 is 5.32 Å². The number of aryl methyl sites for hydroxylation is 1. The van der Waals surface area contributed by atoms with Gasteiger partial charge < -0.3 is 14.8 Å². The highest BCUT2D eigenvalue weighted by Crippen LogP contribution is 2.28. The van der Waals surface area contributed by atoms with Crippen molar-refractivity contribution in [3.8, 4) is 11.3 Å². The number of nitrogens with one attached hydrogen (secondary N) is 1. The van der Waals surface area contributed by atoms with Crippen molar-refractivity contribution in [1.29, 1.82) is 0 Å². The monoisotopic (exact) mass is 378 g/mol. The zero-order chi connectivity index (χ0) is 19.2. The molecule has 0 unspecified atom stereocenters. The summed E-state index contributed by atoms with van der Waals surface area (Å²) in [5.74, 6) is -0.154. The molecule has 0 aliphatic heterocycles. The number of carbonyl (C=O) groups excluding carboxylic acids is 1. The molecule has 0 fully saturated rings. The molecule has 26 heavy (non-hydrogen) atoms. The number of carboxylic acid groups (broad SMARTS) is 1. The minimum absolute atomic E-state index is 0.0958. The highest BCUT2D eigenvalue weighted by Gasteiger charge is 2.30. The Balaban J connectivity index is 1.97. The third-order valence-electron chi connectivity index (χ3n) is 4.51. The van der Waals surface area contributed by atoms with Crippen molar-refractivity contribution in [2.24, 2.45) is 0 Å². The Labute approximate surface area is 157 Å². The SMILES string of the molecule is CCC(CC)(CC(=O)O)NC(=O)CCc1ncc(-c2ccccc2Cl)o1. The van der Waals surface area contributed by atoms with Gasteiger partial charge in [0.25, 0.3) is 0 Å². The van der Waals surface area contributed by atoms with Gasteiger partial charge in [-0.2, -0.15) is 0 Å². The van der Waals surface area contributed by atoms with E-state index in [0.717, 1.165) is 5.56 Å². The second kappa shape index (κ2) is 8.85. The van der Waals surface area contributed by atoms with Gasteiger partial charge >= 0.3 is 5.97 Å². The summed E-state index contributed by atoms with van der Waals surface area (Å²) in [6.45, 7) is 3.74. The molecular weight excluding hydrogens is 356 g/mol. The summed E-state index contributed by atoms with van der Waals surface area (Å²) >= 11 is 6.14. The number of hydrogen-bond donors (Lipinski definition) is 2. The topological polar surface area (TPSA) is 92.4 Å². The minimum Gasteiger partial charge on any atom is -0.481 e. The Morgan fingerprint density at radius 3 is 2.58 bits per heavy atom. The van der Waals surface area contributed by atoms with Crippen LogP contribution in [0.15, 0.2) is 34.9 Å². The predicted molar refractivity (Wildman–Crippen MR) is 99.0 cm³/mol. The van der Waals surface area contributed by atoms with Crippen molar-refractivity contribution in [2.45, 2.75) is 51.5 Å². The number of amides is 1. The number of hydrogen-bond acceptors (Lipinski definition) is 4. The molecule has 0 saturated carbocycles. The van der Waals surface area contributed by atoms with Crippen molar-refractivity contribution in [2.75, 3.05) is 0 Å². The summed E-state index contributed by atoms with van der Waals surface area (Å²) in [5, 5.41) is 12.5. The number of carbonyl (C=O) groups is 2. The van der Waals surface area contributed by atoms with Gasteiger partial charge in [0.2, 0.25) is 5.91 Å². The first-order valence-electron chi connectivity index (χ1n) is 8.61. The molecule has 0 bridgehead atoms. The molecule has 2 N–H and O–H groups in total. The smallest absolute Gasteiger partial charge is 0.305 e. The Kier molecular flexibility index (Phi) is 6.80. The first kappa shape index (κ1) is 20.0. The van der Waals surface area contributed by atoms with Crippen molar-refractivity contribution in [1.82, 2.24) is 10.3 Å². The second-order valence-corrected chi connectivity index (χ2v) is 6.61. The van der Waals surface area contributed by atoms with Gasteiger partial charge in [-0.25, -0.2) is 4.98 Å². The number of carboxylic acids is 1. The Morgan fingerprint density at radius 2 is 1.96 bits per heavy atom. The van der Waals surface area contributed by atoms with Gasteiger partial charge in [-0.15, -0.1) is 0 Å². The lowest BCUT2D eigenvalue weighted by atomic mass is 9.88. The van der Waals surface area contributed by atoms with Gasteiger partial charge in [-0.3, -0.25) is 9.59 Å². The Bertz CT molecular complexity index is 768. The van der Waals surface area contributed by atoms with Crippen LogP contribution in [0, 0.1) is 0 Å². The fourth-order valence-electron chi connectivity index (χ4n) is 2.80. The van der Waals surface area contributed by atoms with E-state index >= 15 is 0 Å². The molecule has 2 rings (SSSR count). The van der Waals surface area contributed by atoms with Crippen LogP contribution in [0.3, 0.4) is 0 Å². The van der Waals surface area contributed by atoms with Crippen LogP contribution in [0.1, 0.15) is 45.4 Å². The van der Waals surface area contributed by atoms with Crippen molar-refractivity contribution >= 4 is 23.5 Å². The van der Waals surface area contributed by atoms with Gasteiger partial charge in [-0.1, -0.05) is 37.6 Å². The van der Waals surface area contributed by atoms with Gasteiger partial charge in [0.05, 0.1) is 17.6 Å². The zero-order valence-corrected chi connectivity index (χ0v) is 15.7. The van der Waals surface area contributed by atoms with Crippen LogP contribution in [0.2, 0.25) is 5.02 Å². The number of oxazole rings is 1. The second-order valence-electron chi connectivity index (χ2n) is 6.20. The lowest BCUT2D eigenvalue weighted by Crippen LogP contribution is -2.49. The number of aliphatic carboxylic acids is 1. The maximum Gasteiger partial charge on any atom is 0.305 e. The normalized spacial score (nSPS) is 11.3. The highest BCUT2D eigenvalue weighted by molar-refractivity contribution is 6.33. The van der Waals surface area contributed by atoms with Crippen LogP contribution in [0.25, 0.3) is 11.3 Å². The van der Waals surface area contributed by atoms with Crippen LogP contribution in [0.5, 0.6) is 0 Å². The van der Waals surface area contributed by atoms with E-state index in [1.165, 1.54) is 0 Å². The summed E-state index contributed by atoms with van der Waals surface area (Å²) in [6, 6.07) is 7.29. The maximum absolute atomic E-state index is 12.3. The number of benzene rings is 1. The fraction of sp³-hybridized carbons (Fsp3) is 0.421. The number of nitrogens with zero attached hydrogens (tertiary/aromatic N) is 1. The van der Waals surface area contributed by atoms with E-state index < -0.39 is 11.5 Å². The van der Waals surface area contributed by atoms with Crippen molar-refractivity contribution in [3.63, 3.8) is 0 Å². The van der Waals surface area contributed by atoms with E-state index in [-0.39, 0.29) is 18.7 Å². The van der Waals surface area contributed by atoms with Gasteiger partial charge in [0.1, 0.15) is 0 Å². The van der Waals surface area contributed by atoms with Crippen LogP contribution in [-0.2, 0) is 16.0 Å². The summed E-state index contributed by atoms with van der Waals surface area (Å²) in [6.07, 6.45) is 3.09. The molecule has 6 nitrogen and oxygen atoms in total. The van der Waals surface area contributed by atoms with Crippen LogP contribution in [0.4, 0.5) is 0 Å². The van der Waals surface area contributed by atoms with Gasteiger partial charge in [0.15, 0.2) is 11.7 Å². The fourth-order valence-corrected chi connectivity index (χ4v) is 3.03. The molecule has 1 aromatic carbocycles. The first-order valence-corrected chi connectivity index (χ1v) is 8.99. The third kappa shape index (κ3) is 5.08. The van der Waals surface area contributed by atoms with E-state index in [0.29, 0.717) is 35.9 Å². The number of rotatable bonds is 9. The number of halogens is 1. The predicted octanol–water partition coefficient (Wildman–Crippen LogP) is 4.08. The van der Waals surface area contributed by atoms with Crippen LogP contribution >= 0.6 is 11.6 Å². The summed E-state index contributed by atoms with van der Waals surface area (Å²) in [5.41, 5.74) is 0.0252.